The molecule has 1 fully saturated rings. The molecule has 1 aromatic carbocycles. The van der Waals surface area contributed by atoms with Crippen LogP contribution in [0.4, 0.5) is 11.4 Å². The molecule has 0 atom stereocenters. The van der Waals surface area contributed by atoms with Crippen LogP contribution in [0.1, 0.15) is 32.6 Å². The van der Waals surface area contributed by atoms with Crippen molar-refractivity contribution >= 4 is 21.4 Å². The maximum absolute atomic E-state index is 11.7. The molecule has 1 saturated carbocycles. The molecule has 2 rings (SSSR count). The van der Waals surface area contributed by atoms with E-state index in [1.165, 1.54) is 26.0 Å². The summed E-state index contributed by atoms with van der Waals surface area (Å²) in [6.07, 6.45) is 4.66. The third-order valence-corrected chi connectivity index (χ3v) is 5.16. The van der Waals surface area contributed by atoms with Crippen molar-refractivity contribution < 1.29 is 8.42 Å². The molecule has 0 unspecified atom stereocenters. The highest BCUT2D eigenvalue weighted by Crippen LogP contribution is 2.34. The topological polar surface area (TPSA) is 84.2 Å². The van der Waals surface area contributed by atoms with E-state index < -0.39 is 10.0 Å². The Morgan fingerprint density at radius 1 is 1.26 bits per heavy atom. The monoisotopic (exact) mass is 283 g/mol. The summed E-state index contributed by atoms with van der Waals surface area (Å²) in [7, 11) is -2.05. The molecule has 0 bridgehead atoms. The van der Waals surface area contributed by atoms with Gasteiger partial charge in [-0.3, -0.25) is 0 Å². The second-order valence-corrected chi connectivity index (χ2v) is 7.24. The van der Waals surface area contributed by atoms with Crippen molar-refractivity contribution in [3.05, 3.63) is 18.2 Å². The molecule has 0 aliphatic heterocycles. The second kappa shape index (κ2) is 5.02. The van der Waals surface area contributed by atoms with Crippen molar-refractivity contribution in [1.82, 2.24) is 4.72 Å². The maximum Gasteiger partial charge on any atom is 0.240 e. The number of anilines is 2. The summed E-state index contributed by atoms with van der Waals surface area (Å²) in [5.41, 5.74) is 7.29. The van der Waals surface area contributed by atoms with Crippen molar-refractivity contribution in [2.45, 2.75) is 43.0 Å². The van der Waals surface area contributed by atoms with Gasteiger partial charge in [0.05, 0.1) is 16.3 Å². The van der Waals surface area contributed by atoms with Crippen LogP contribution in [0.3, 0.4) is 0 Å². The summed E-state index contributed by atoms with van der Waals surface area (Å²) >= 11 is 0. The van der Waals surface area contributed by atoms with Gasteiger partial charge in [-0.1, -0.05) is 12.8 Å². The largest absolute Gasteiger partial charge is 0.397 e. The van der Waals surface area contributed by atoms with Crippen LogP contribution in [-0.2, 0) is 10.0 Å². The zero-order chi connectivity index (χ0) is 14.1. The van der Waals surface area contributed by atoms with Crippen LogP contribution in [0.25, 0.3) is 0 Å². The Morgan fingerprint density at radius 3 is 2.42 bits per heavy atom. The third-order valence-electron chi connectivity index (χ3n) is 3.75. The standard InChI is InChI=1S/C13H21N3O2S/c1-13(7-3-4-8-13)16-12-6-5-10(9-11(12)14)19(17,18)15-2/h5-6,9,15-16H,3-4,7-8,14H2,1-2H3. The van der Waals surface area contributed by atoms with E-state index in [0.717, 1.165) is 18.5 Å². The minimum Gasteiger partial charge on any atom is -0.397 e. The molecule has 1 aliphatic carbocycles. The van der Waals surface area contributed by atoms with E-state index >= 15 is 0 Å². The predicted molar refractivity (Wildman–Crippen MR) is 77.6 cm³/mol. The first kappa shape index (κ1) is 14.1. The van der Waals surface area contributed by atoms with E-state index in [1.54, 1.807) is 12.1 Å². The molecule has 0 heterocycles. The Morgan fingerprint density at radius 2 is 1.89 bits per heavy atom. The van der Waals surface area contributed by atoms with Gasteiger partial charge >= 0.3 is 0 Å². The van der Waals surface area contributed by atoms with Crippen LogP contribution in [-0.4, -0.2) is 21.0 Å². The maximum atomic E-state index is 11.7. The number of nitrogens with one attached hydrogen (secondary N) is 2. The minimum atomic E-state index is -3.44. The lowest BCUT2D eigenvalue weighted by molar-refractivity contribution is 0.533. The summed E-state index contributed by atoms with van der Waals surface area (Å²) in [5.74, 6) is 0. The van der Waals surface area contributed by atoms with Gasteiger partial charge in [-0.15, -0.1) is 0 Å². The molecule has 0 aromatic heterocycles. The van der Waals surface area contributed by atoms with Crippen molar-refractivity contribution in [1.29, 1.82) is 0 Å². The summed E-state index contributed by atoms with van der Waals surface area (Å²) in [5, 5.41) is 3.44. The molecule has 4 N–H and O–H groups in total. The smallest absolute Gasteiger partial charge is 0.240 e. The molecule has 0 amide bonds. The van der Waals surface area contributed by atoms with Crippen LogP contribution < -0.4 is 15.8 Å². The molecule has 19 heavy (non-hydrogen) atoms. The fourth-order valence-corrected chi connectivity index (χ4v) is 3.31. The molecule has 106 valence electrons. The van der Waals surface area contributed by atoms with Crippen LogP contribution in [0, 0.1) is 0 Å². The van der Waals surface area contributed by atoms with Crippen molar-refractivity contribution in [2.75, 3.05) is 18.1 Å². The number of rotatable bonds is 4. The van der Waals surface area contributed by atoms with Crippen LogP contribution >= 0.6 is 0 Å². The van der Waals surface area contributed by atoms with Gasteiger partial charge in [0.15, 0.2) is 0 Å². The van der Waals surface area contributed by atoms with E-state index in [1.807, 2.05) is 0 Å². The van der Waals surface area contributed by atoms with E-state index in [-0.39, 0.29) is 10.4 Å². The Labute approximate surface area is 114 Å². The lowest BCUT2D eigenvalue weighted by Gasteiger charge is -2.27. The zero-order valence-electron chi connectivity index (χ0n) is 11.4. The molecule has 1 aromatic rings. The van der Waals surface area contributed by atoms with Gasteiger partial charge < -0.3 is 11.1 Å². The number of nitrogens with two attached hydrogens (primary N) is 1. The summed E-state index contributed by atoms with van der Waals surface area (Å²) in [6, 6.07) is 4.80. The molecule has 0 spiro atoms. The van der Waals surface area contributed by atoms with Gasteiger partial charge in [0.1, 0.15) is 0 Å². The average molecular weight is 283 g/mol. The quantitative estimate of drug-likeness (QED) is 0.737. The highest BCUT2D eigenvalue weighted by molar-refractivity contribution is 7.89. The second-order valence-electron chi connectivity index (χ2n) is 5.35. The number of nitrogen functional groups attached to an aromatic ring is 1. The van der Waals surface area contributed by atoms with Gasteiger partial charge in [-0.2, -0.15) is 0 Å². The Balaban J connectivity index is 2.25. The first-order valence-electron chi connectivity index (χ1n) is 6.48. The van der Waals surface area contributed by atoms with Gasteiger partial charge in [0.2, 0.25) is 10.0 Å². The average Bonchev–Trinajstić information content (AvgIpc) is 2.78. The summed E-state index contributed by atoms with van der Waals surface area (Å²) in [6.45, 7) is 2.18. The highest BCUT2D eigenvalue weighted by atomic mass is 32.2. The molecule has 1 aliphatic rings. The Hall–Kier alpha value is -1.27. The van der Waals surface area contributed by atoms with E-state index in [0.29, 0.717) is 5.69 Å². The molecule has 0 saturated heterocycles. The lowest BCUT2D eigenvalue weighted by atomic mass is 10.00. The van der Waals surface area contributed by atoms with Crippen molar-refractivity contribution in [3.63, 3.8) is 0 Å². The van der Waals surface area contributed by atoms with Gasteiger partial charge in [0, 0.05) is 5.54 Å². The number of sulfonamides is 1. The molecule has 6 heteroatoms. The van der Waals surface area contributed by atoms with Crippen LogP contribution in [0.15, 0.2) is 23.1 Å². The van der Waals surface area contributed by atoms with Crippen LogP contribution in [0.2, 0.25) is 0 Å². The third kappa shape index (κ3) is 3.01. The van der Waals surface area contributed by atoms with Crippen molar-refractivity contribution in [3.8, 4) is 0 Å². The zero-order valence-corrected chi connectivity index (χ0v) is 12.2. The molecule has 5 nitrogen and oxygen atoms in total. The molecular weight excluding hydrogens is 262 g/mol. The number of hydrogen-bond acceptors (Lipinski definition) is 4. The molecular formula is C13H21N3O2S. The van der Waals surface area contributed by atoms with Gasteiger partial charge in [0.25, 0.3) is 0 Å². The number of hydrogen-bond donors (Lipinski definition) is 3. The minimum absolute atomic E-state index is 0.0670. The van der Waals surface area contributed by atoms with E-state index in [4.69, 9.17) is 5.73 Å². The first-order valence-corrected chi connectivity index (χ1v) is 7.96. The van der Waals surface area contributed by atoms with E-state index in [9.17, 15) is 8.42 Å². The first-order chi connectivity index (χ1) is 8.86. The van der Waals surface area contributed by atoms with Crippen molar-refractivity contribution in [2.24, 2.45) is 0 Å². The van der Waals surface area contributed by atoms with Gasteiger partial charge in [-0.25, -0.2) is 13.1 Å². The highest BCUT2D eigenvalue weighted by Gasteiger charge is 2.28. The van der Waals surface area contributed by atoms with E-state index in [2.05, 4.69) is 17.0 Å². The lowest BCUT2D eigenvalue weighted by Crippen LogP contribution is -2.31. The predicted octanol–water partition coefficient (Wildman–Crippen LogP) is 1.92. The van der Waals surface area contributed by atoms with Gasteiger partial charge in [-0.05, 0) is 45.0 Å². The Kier molecular flexibility index (Phi) is 3.73. The fourth-order valence-electron chi connectivity index (χ4n) is 2.55. The summed E-state index contributed by atoms with van der Waals surface area (Å²) < 4.78 is 25.7. The Bertz CT molecular complexity index is 563. The normalized spacial score (nSPS) is 18.4. The SMILES string of the molecule is CNS(=O)(=O)c1ccc(NC2(C)CCCC2)c(N)c1. The number of benzene rings is 1. The van der Waals surface area contributed by atoms with Crippen LogP contribution in [0.5, 0.6) is 0 Å². The summed E-state index contributed by atoms with van der Waals surface area (Å²) in [4.78, 5) is 0.189. The molecule has 0 radical (unpaired) electrons. The fraction of sp³-hybridized carbons (Fsp3) is 0.538.